The third kappa shape index (κ3) is 4.59. The molecule has 1 N–H and O–H groups in total. The molecule has 0 spiro atoms. The van der Waals surface area contributed by atoms with Gasteiger partial charge in [0.05, 0.1) is 11.6 Å². The van der Waals surface area contributed by atoms with Gasteiger partial charge in [0.1, 0.15) is 23.7 Å². The predicted octanol–water partition coefficient (Wildman–Crippen LogP) is 3.28. The second-order valence-corrected chi connectivity index (χ2v) is 7.98. The second kappa shape index (κ2) is 9.39. The van der Waals surface area contributed by atoms with Crippen molar-refractivity contribution in [2.24, 2.45) is 5.92 Å². The summed E-state index contributed by atoms with van der Waals surface area (Å²) in [4.78, 5) is 17.3. The van der Waals surface area contributed by atoms with Gasteiger partial charge in [-0.1, -0.05) is 6.07 Å². The van der Waals surface area contributed by atoms with Crippen LogP contribution in [0, 0.1) is 5.92 Å². The number of methoxy groups -OCH3 is 1. The lowest BCUT2D eigenvalue weighted by Crippen LogP contribution is -2.27. The van der Waals surface area contributed by atoms with Crippen LogP contribution in [0.25, 0.3) is 17.6 Å². The van der Waals surface area contributed by atoms with E-state index in [1.807, 2.05) is 18.4 Å². The molecular weight excluding hydrogens is 413 g/mol. The monoisotopic (exact) mass is 439 g/mol. The molecular formula is C22H26FN7O2. The highest BCUT2D eigenvalue weighted by Gasteiger charge is 2.30. The summed E-state index contributed by atoms with van der Waals surface area (Å²) in [5, 5.41) is 15.3. The highest BCUT2D eigenvalue weighted by atomic mass is 19.1. The van der Waals surface area contributed by atoms with E-state index in [0.717, 1.165) is 6.42 Å². The number of amides is 1. The molecule has 0 radical (unpaired) electrons. The SMILES string of the molecule is COCCCn1cc2c(n1)CC(C(=O)Nc1cccc(-c3nncn3C(C)C)n1)C(F)=C2. The van der Waals surface area contributed by atoms with E-state index in [9.17, 15) is 9.18 Å². The van der Waals surface area contributed by atoms with Gasteiger partial charge in [0, 0.05) is 44.5 Å². The third-order valence-electron chi connectivity index (χ3n) is 5.31. The standard InChI is InChI=1S/C22H26FN7O2/c1-14(2)30-13-24-27-21(30)18-6-4-7-20(25-18)26-22(31)16-11-19-15(10-17(16)23)12-29(28-19)8-5-9-32-3/h4,6-7,10,12-14,16H,5,8-9,11H2,1-3H3,(H,25,26,31). The molecule has 3 heterocycles. The molecule has 0 saturated carbocycles. The molecule has 1 amide bonds. The van der Waals surface area contributed by atoms with Gasteiger partial charge in [0.15, 0.2) is 5.82 Å². The third-order valence-corrected chi connectivity index (χ3v) is 5.31. The minimum absolute atomic E-state index is 0.157. The number of nitrogens with zero attached hydrogens (tertiary/aromatic N) is 6. The lowest BCUT2D eigenvalue weighted by atomic mass is 9.93. The molecule has 0 bridgehead atoms. The zero-order valence-corrected chi connectivity index (χ0v) is 18.3. The van der Waals surface area contributed by atoms with Crippen molar-refractivity contribution in [3.63, 3.8) is 0 Å². The van der Waals surface area contributed by atoms with Crippen molar-refractivity contribution in [3.8, 4) is 11.5 Å². The molecule has 10 heteroatoms. The van der Waals surface area contributed by atoms with Crippen LogP contribution in [0.4, 0.5) is 10.2 Å². The van der Waals surface area contributed by atoms with Crippen LogP contribution in [0.2, 0.25) is 0 Å². The van der Waals surface area contributed by atoms with E-state index in [1.165, 1.54) is 6.08 Å². The van der Waals surface area contributed by atoms with Gasteiger partial charge < -0.3 is 14.6 Å². The molecule has 3 aromatic heterocycles. The number of ether oxygens (including phenoxy) is 1. The molecule has 0 fully saturated rings. The fourth-order valence-corrected chi connectivity index (χ4v) is 3.65. The normalized spacial score (nSPS) is 15.5. The number of carbonyl (C=O) groups excluding carboxylic acids is 1. The molecule has 0 aromatic carbocycles. The van der Waals surface area contributed by atoms with Crippen LogP contribution in [-0.2, 0) is 22.5 Å². The molecule has 9 nitrogen and oxygen atoms in total. The number of anilines is 1. The number of aryl methyl sites for hydroxylation is 1. The highest BCUT2D eigenvalue weighted by Crippen LogP contribution is 2.30. The van der Waals surface area contributed by atoms with Crippen molar-refractivity contribution in [1.82, 2.24) is 29.5 Å². The Morgan fingerprint density at radius 1 is 1.38 bits per heavy atom. The van der Waals surface area contributed by atoms with Crippen LogP contribution in [0.15, 0.2) is 36.6 Å². The van der Waals surface area contributed by atoms with Gasteiger partial charge in [0.2, 0.25) is 5.91 Å². The lowest BCUT2D eigenvalue weighted by Gasteiger charge is -2.18. The first-order valence-corrected chi connectivity index (χ1v) is 10.6. The quantitative estimate of drug-likeness (QED) is 0.541. The Morgan fingerprint density at radius 3 is 3.00 bits per heavy atom. The van der Waals surface area contributed by atoms with Crippen LogP contribution in [0.1, 0.15) is 37.6 Å². The van der Waals surface area contributed by atoms with Crippen LogP contribution < -0.4 is 5.32 Å². The van der Waals surface area contributed by atoms with Crippen molar-refractivity contribution in [3.05, 3.63) is 47.8 Å². The molecule has 168 valence electrons. The number of pyridine rings is 1. The Bertz CT molecular complexity index is 1140. The van der Waals surface area contributed by atoms with Gasteiger partial charge in [-0.25, -0.2) is 9.37 Å². The number of hydrogen-bond acceptors (Lipinski definition) is 6. The van der Waals surface area contributed by atoms with Crippen molar-refractivity contribution in [2.75, 3.05) is 19.0 Å². The summed E-state index contributed by atoms with van der Waals surface area (Å²) < 4.78 is 23.5. The molecule has 1 aliphatic rings. The average molecular weight is 439 g/mol. The summed E-state index contributed by atoms with van der Waals surface area (Å²) in [6.07, 6.45) is 5.83. The van der Waals surface area contributed by atoms with Crippen molar-refractivity contribution in [1.29, 1.82) is 0 Å². The zero-order valence-electron chi connectivity index (χ0n) is 18.3. The first kappa shape index (κ1) is 21.8. The summed E-state index contributed by atoms with van der Waals surface area (Å²) in [6, 6.07) is 5.38. The Labute approximate surface area is 185 Å². The van der Waals surface area contributed by atoms with Crippen LogP contribution in [0.5, 0.6) is 0 Å². The van der Waals surface area contributed by atoms with E-state index < -0.39 is 17.7 Å². The Balaban J connectivity index is 1.47. The zero-order chi connectivity index (χ0) is 22.7. The smallest absolute Gasteiger partial charge is 0.235 e. The summed E-state index contributed by atoms with van der Waals surface area (Å²) in [5.74, 6) is -0.969. The maximum absolute atomic E-state index is 14.7. The highest BCUT2D eigenvalue weighted by molar-refractivity contribution is 5.94. The minimum Gasteiger partial charge on any atom is -0.385 e. The second-order valence-electron chi connectivity index (χ2n) is 7.98. The van der Waals surface area contributed by atoms with Gasteiger partial charge in [-0.3, -0.25) is 9.48 Å². The molecule has 3 aromatic rings. The molecule has 4 rings (SSSR count). The lowest BCUT2D eigenvalue weighted by molar-refractivity contribution is -0.119. The number of carbonyl (C=O) groups is 1. The Kier molecular flexibility index (Phi) is 6.40. The van der Waals surface area contributed by atoms with Crippen molar-refractivity contribution >= 4 is 17.8 Å². The maximum Gasteiger partial charge on any atom is 0.235 e. The van der Waals surface area contributed by atoms with Crippen LogP contribution >= 0.6 is 0 Å². The van der Waals surface area contributed by atoms with Gasteiger partial charge >= 0.3 is 0 Å². The Hall–Kier alpha value is -3.40. The largest absolute Gasteiger partial charge is 0.385 e. The van der Waals surface area contributed by atoms with Crippen LogP contribution in [0.3, 0.4) is 0 Å². The van der Waals surface area contributed by atoms with E-state index in [2.05, 4.69) is 25.6 Å². The van der Waals surface area contributed by atoms with Gasteiger partial charge in [-0.05, 0) is 38.5 Å². The number of aromatic nitrogens is 6. The summed E-state index contributed by atoms with van der Waals surface area (Å²) in [6.45, 7) is 5.33. The van der Waals surface area contributed by atoms with Gasteiger partial charge in [-0.2, -0.15) is 5.10 Å². The molecule has 1 unspecified atom stereocenters. The van der Waals surface area contributed by atoms with E-state index >= 15 is 0 Å². The first-order chi connectivity index (χ1) is 15.5. The average Bonchev–Trinajstić information content (AvgIpc) is 3.40. The van der Waals surface area contributed by atoms with Crippen molar-refractivity contribution in [2.45, 2.75) is 39.3 Å². The van der Waals surface area contributed by atoms with E-state index in [-0.39, 0.29) is 12.5 Å². The number of hydrogen-bond donors (Lipinski definition) is 1. The topological polar surface area (TPSA) is 99.8 Å². The van der Waals surface area contributed by atoms with Gasteiger partial charge in [0.25, 0.3) is 0 Å². The molecule has 0 saturated heterocycles. The van der Waals surface area contributed by atoms with Gasteiger partial charge in [-0.15, -0.1) is 10.2 Å². The fourth-order valence-electron chi connectivity index (χ4n) is 3.65. The number of fused-ring (bicyclic) bond motifs is 1. The Morgan fingerprint density at radius 2 is 2.22 bits per heavy atom. The van der Waals surface area contributed by atoms with Crippen molar-refractivity contribution < 1.29 is 13.9 Å². The molecule has 0 aliphatic heterocycles. The molecule has 1 aliphatic carbocycles. The molecule has 32 heavy (non-hydrogen) atoms. The minimum atomic E-state index is -0.949. The fraction of sp³-hybridized carbons (Fsp3) is 0.409. The van der Waals surface area contributed by atoms with Crippen LogP contribution in [-0.4, -0.2) is 49.2 Å². The predicted molar refractivity (Wildman–Crippen MR) is 117 cm³/mol. The molecule has 1 atom stereocenters. The van der Waals surface area contributed by atoms with E-state index in [0.29, 0.717) is 41.7 Å². The summed E-state index contributed by atoms with van der Waals surface area (Å²) in [7, 11) is 1.65. The number of rotatable bonds is 8. The number of nitrogens with one attached hydrogen (secondary N) is 1. The number of halogens is 1. The van der Waals surface area contributed by atoms with E-state index in [4.69, 9.17) is 4.74 Å². The maximum atomic E-state index is 14.7. The summed E-state index contributed by atoms with van der Waals surface area (Å²) in [5.41, 5.74) is 1.98. The first-order valence-electron chi connectivity index (χ1n) is 10.6. The van der Waals surface area contributed by atoms with E-state index in [1.54, 1.807) is 42.5 Å². The summed E-state index contributed by atoms with van der Waals surface area (Å²) >= 11 is 0.